The summed E-state index contributed by atoms with van der Waals surface area (Å²) < 4.78 is 33.1. The van der Waals surface area contributed by atoms with Gasteiger partial charge in [0.25, 0.3) is 0 Å². The van der Waals surface area contributed by atoms with Crippen molar-refractivity contribution < 1.29 is 101 Å². The van der Waals surface area contributed by atoms with Gasteiger partial charge in [-0.3, -0.25) is 0 Å². The van der Waals surface area contributed by atoms with Gasteiger partial charge in [-0.1, -0.05) is 0 Å². The van der Waals surface area contributed by atoms with Crippen molar-refractivity contribution in [1.82, 2.24) is 0 Å². The minimum atomic E-state index is -5.50. The fraction of sp³-hybridized carbons (Fsp3) is 0. The van der Waals surface area contributed by atoms with Gasteiger partial charge in [0, 0.05) is 0 Å². The molecule has 0 aromatic carbocycles. The predicted octanol–water partition coefficient (Wildman–Crippen LogP) is -11.0. The van der Waals surface area contributed by atoms with Crippen molar-refractivity contribution in [1.29, 1.82) is 0 Å². The molecule has 0 aromatic heterocycles. The molecule has 0 atom stereocenters. The van der Waals surface area contributed by atoms with Crippen LogP contribution in [-0.2, 0) is 21.2 Å². The van der Waals surface area contributed by atoms with E-state index in [0.29, 0.717) is 0 Å². The Morgan fingerprint density at radius 1 is 1.25 bits per heavy atom. The zero-order valence-electron chi connectivity index (χ0n) is 4.46. The van der Waals surface area contributed by atoms with Crippen LogP contribution in [0.25, 0.3) is 0 Å². The molecule has 0 bridgehead atoms. The summed E-state index contributed by atoms with van der Waals surface area (Å²) in [5, 5.41) is 0. The Bertz CT molecular complexity index is 97.2. The SMILES string of the molecule is [Cl-].[Na+].[Na+].[O]=[Cr](=[O])([O-])[OH]. The summed E-state index contributed by atoms with van der Waals surface area (Å²) in [7, 11) is 0. The third-order valence-electron chi connectivity index (χ3n) is 0. The van der Waals surface area contributed by atoms with E-state index in [-0.39, 0.29) is 71.5 Å². The van der Waals surface area contributed by atoms with Crippen molar-refractivity contribution in [2.75, 3.05) is 0 Å². The summed E-state index contributed by atoms with van der Waals surface area (Å²) in [5.41, 5.74) is 0. The molecule has 0 amide bonds. The molecule has 0 saturated carbocycles. The summed E-state index contributed by atoms with van der Waals surface area (Å²) in [6, 6.07) is 0. The van der Waals surface area contributed by atoms with Gasteiger partial charge in [0.15, 0.2) is 0 Å². The van der Waals surface area contributed by atoms with E-state index in [1.807, 2.05) is 0 Å². The molecule has 8 heavy (non-hydrogen) atoms. The van der Waals surface area contributed by atoms with Gasteiger partial charge in [0.05, 0.1) is 0 Å². The van der Waals surface area contributed by atoms with E-state index < -0.39 is 13.6 Å². The van der Waals surface area contributed by atoms with E-state index in [0.717, 1.165) is 0 Å². The Morgan fingerprint density at radius 2 is 1.25 bits per heavy atom. The van der Waals surface area contributed by atoms with Gasteiger partial charge in [-0.25, -0.2) is 0 Å². The van der Waals surface area contributed by atoms with Crippen molar-refractivity contribution in [3.05, 3.63) is 0 Å². The predicted molar refractivity (Wildman–Crippen MR) is 3.59 cm³/mol. The first kappa shape index (κ1) is 22.4. The number of halogens is 1. The first-order valence-electron chi connectivity index (χ1n) is 0.683. The summed E-state index contributed by atoms with van der Waals surface area (Å²) in [6.45, 7) is 0. The Labute approximate surface area is 99.4 Å². The third kappa shape index (κ3) is 82.0. The van der Waals surface area contributed by atoms with Crippen molar-refractivity contribution in [3.8, 4) is 0 Å². The summed E-state index contributed by atoms with van der Waals surface area (Å²) in [5.74, 6) is 0. The van der Waals surface area contributed by atoms with Gasteiger partial charge >= 0.3 is 88.7 Å². The Hall–Kier alpha value is 2.34. The molecule has 0 heterocycles. The van der Waals surface area contributed by atoms with Crippen LogP contribution in [0.2, 0.25) is 0 Å². The van der Waals surface area contributed by atoms with Crippen molar-refractivity contribution in [2.45, 2.75) is 0 Å². The van der Waals surface area contributed by atoms with E-state index in [9.17, 15) is 0 Å². The first-order valence-corrected chi connectivity index (χ1v) is 2.81. The van der Waals surface area contributed by atoms with Gasteiger partial charge in [-0.15, -0.1) is 0 Å². The van der Waals surface area contributed by atoms with Gasteiger partial charge in [0.2, 0.25) is 0 Å². The van der Waals surface area contributed by atoms with Gasteiger partial charge < -0.3 is 12.4 Å². The fourth-order valence-corrected chi connectivity index (χ4v) is 0. The van der Waals surface area contributed by atoms with E-state index >= 15 is 0 Å². The van der Waals surface area contributed by atoms with Crippen LogP contribution in [0.15, 0.2) is 0 Å². The normalized spacial score (nSPS) is 7.25. The molecule has 0 unspecified atom stereocenters. The molecular formula is HClCrNa2O4. The van der Waals surface area contributed by atoms with E-state index in [2.05, 4.69) is 0 Å². The second-order valence-corrected chi connectivity index (χ2v) is 1.76. The summed E-state index contributed by atoms with van der Waals surface area (Å²) in [6.07, 6.45) is 0. The van der Waals surface area contributed by atoms with Gasteiger partial charge in [-0.05, 0) is 0 Å². The fourth-order valence-electron chi connectivity index (χ4n) is 0. The van der Waals surface area contributed by atoms with Crippen LogP contribution in [0.4, 0.5) is 0 Å². The molecule has 8 heteroatoms. The Kier molecular flexibility index (Phi) is 26.2. The molecule has 40 valence electrons. The summed E-state index contributed by atoms with van der Waals surface area (Å²) in [4.78, 5) is 0. The molecule has 0 spiro atoms. The zero-order valence-corrected chi connectivity index (χ0v) is 10.5. The molecule has 0 aliphatic carbocycles. The van der Waals surface area contributed by atoms with Crippen molar-refractivity contribution in [2.24, 2.45) is 0 Å². The molecule has 0 fully saturated rings. The van der Waals surface area contributed by atoms with Gasteiger partial charge in [0.1, 0.15) is 0 Å². The van der Waals surface area contributed by atoms with Crippen LogP contribution < -0.4 is 75.7 Å². The van der Waals surface area contributed by atoms with Gasteiger partial charge in [-0.2, -0.15) is 0 Å². The molecule has 0 saturated heterocycles. The second kappa shape index (κ2) is 9.34. The Balaban J connectivity index is -0.0000000267. The molecule has 0 aliphatic heterocycles. The topological polar surface area (TPSA) is 77.4 Å². The van der Waals surface area contributed by atoms with Crippen molar-refractivity contribution >= 4 is 0 Å². The van der Waals surface area contributed by atoms with Crippen LogP contribution in [0.3, 0.4) is 0 Å². The minimum absolute atomic E-state index is 0. The third-order valence-corrected chi connectivity index (χ3v) is 0. The van der Waals surface area contributed by atoms with Crippen LogP contribution in [0.5, 0.6) is 0 Å². The average Bonchev–Trinajstić information content (AvgIpc) is 0.722. The van der Waals surface area contributed by atoms with Crippen LogP contribution in [-0.4, -0.2) is 4.16 Å². The first-order chi connectivity index (χ1) is 2.00. The van der Waals surface area contributed by atoms with E-state index in [4.69, 9.17) is 15.9 Å². The molecule has 0 aliphatic rings. The van der Waals surface area contributed by atoms with E-state index in [1.165, 1.54) is 0 Å². The number of rotatable bonds is 0. The maximum atomic E-state index is 8.70. The molecule has 0 aromatic rings. The molecular weight excluding hydrogens is 197 g/mol. The molecule has 0 rings (SSSR count). The standard InChI is InChI=1S/ClH.Cr.2Na.H2O.3O/h1H;;;;1H2;;;/q;3*+1;;;;-1/p-2. The van der Waals surface area contributed by atoms with Crippen LogP contribution in [0.1, 0.15) is 0 Å². The number of hydrogen-bond acceptors (Lipinski definition) is 3. The zero-order chi connectivity index (χ0) is 4.50. The van der Waals surface area contributed by atoms with Crippen LogP contribution in [0, 0.1) is 0 Å². The Morgan fingerprint density at radius 3 is 1.25 bits per heavy atom. The van der Waals surface area contributed by atoms with Crippen molar-refractivity contribution in [3.63, 3.8) is 0 Å². The number of hydrogen-bond donors (Lipinski definition) is 1. The van der Waals surface area contributed by atoms with Crippen LogP contribution >= 0.6 is 0 Å². The second-order valence-electron chi connectivity index (χ2n) is 0.428. The quantitative estimate of drug-likeness (QED) is 0.392. The molecule has 0 radical (unpaired) electrons. The molecule has 4 nitrogen and oxygen atoms in total. The monoisotopic (exact) mass is 198 g/mol. The average molecular weight is 198 g/mol. The maximum absolute atomic E-state index is 8.70. The summed E-state index contributed by atoms with van der Waals surface area (Å²) >= 11 is -5.50. The van der Waals surface area contributed by atoms with E-state index in [1.54, 1.807) is 0 Å². The molecule has 1 N–H and O–H groups in total.